The van der Waals surface area contributed by atoms with Crippen molar-refractivity contribution in [2.75, 3.05) is 19.8 Å². The zero-order valence-electron chi connectivity index (χ0n) is 30.6. The Hall–Kier alpha value is -1.65. The van der Waals surface area contributed by atoms with E-state index in [1.54, 1.807) is 0 Å². The molecule has 0 amide bonds. The summed E-state index contributed by atoms with van der Waals surface area (Å²) in [6, 6.07) is 0. The summed E-state index contributed by atoms with van der Waals surface area (Å²) in [7, 11) is 0. The van der Waals surface area contributed by atoms with Crippen molar-refractivity contribution in [3.8, 4) is 0 Å². The number of carbonyl (C=O) groups is 1. The molecule has 0 aromatic rings. The van der Waals surface area contributed by atoms with Crippen LogP contribution in [-0.2, 0) is 14.3 Å². The predicted octanol–water partition coefficient (Wildman–Crippen LogP) is 12.7. The molecule has 0 aliphatic carbocycles. The zero-order chi connectivity index (χ0) is 33.4. The van der Waals surface area contributed by atoms with Crippen molar-refractivity contribution in [2.24, 2.45) is 0 Å². The van der Waals surface area contributed by atoms with Crippen molar-refractivity contribution in [1.29, 1.82) is 0 Å². The number of carbonyl (C=O) groups excluding carboxylic acids is 1. The molecule has 0 radical (unpaired) electrons. The Kier molecular flexibility index (Phi) is 38.1. The maximum absolute atomic E-state index is 12.1. The lowest BCUT2D eigenvalue weighted by Crippen LogP contribution is -2.27. The van der Waals surface area contributed by atoms with Crippen molar-refractivity contribution in [3.63, 3.8) is 0 Å². The Bertz CT molecular complexity index is 723. The first-order chi connectivity index (χ1) is 22.7. The Morgan fingerprint density at radius 1 is 0.543 bits per heavy atom. The highest BCUT2D eigenvalue weighted by molar-refractivity contribution is 5.69. The van der Waals surface area contributed by atoms with Crippen LogP contribution in [0.3, 0.4) is 0 Å². The number of rotatable bonds is 36. The summed E-state index contributed by atoms with van der Waals surface area (Å²) in [5, 5.41) is 9.55. The first-order valence-electron chi connectivity index (χ1n) is 19.7. The lowest BCUT2D eigenvalue weighted by molar-refractivity contribution is -0.154. The SMILES string of the molecule is CC/C=C\C/C=C\C/C=C\C/C=C\CCCCCCCCCCCCCOCC(CO)OC(=O)CCCCCCCCCCCC. The molecule has 1 unspecified atom stereocenters. The van der Waals surface area contributed by atoms with Gasteiger partial charge in [-0.25, -0.2) is 0 Å². The predicted molar refractivity (Wildman–Crippen MR) is 200 cm³/mol. The number of unbranched alkanes of at least 4 members (excludes halogenated alkanes) is 20. The fourth-order valence-electron chi connectivity index (χ4n) is 5.50. The number of aliphatic hydroxyl groups is 1. The molecule has 0 saturated carbocycles. The first-order valence-corrected chi connectivity index (χ1v) is 19.7. The van der Waals surface area contributed by atoms with Gasteiger partial charge in [-0.2, -0.15) is 0 Å². The normalized spacial score (nSPS) is 12.8. The van der Waals surface area contributed by atoms with E-state index in [9.17, 15) is 9.90 Å². The highest BCUT2D eigenvalue weighted by atomic mass is 16.6. The average Bonchev–Trinajstić information content (AvgIpc) is 3.06. The van der Waals surface area contributed by atoms with Crippen LogP contribution < -0.4 is 0 Å². The summed E-state index contributed by atoms with van der Waals surface area (Å²) >= 11 is 0. The minimum atomic E-state index is -0.532. The second-order valence-electron chi connectivity index (χ2n) is 13.0. The van der Waals surface area contributed by atoms with E-state index in [4.69, 9.17) is 9.47 Å². The molecular formula is C42H76O4. The maximum Gasteiger partial charge on any atom is 0.306 e. The van der Waals surface area contributed by atoms with Crippen molar-refractivity contribution in [3.05, 3.63) is 48.6 Å². The molecule has 1 N–H and O–H groups in total. The van der Waals surface area contributed by atoms with Gasteiger partial charge in [-0.05, 0) is 51.4 Å². The third kappa shape index (κ3) is 36.8. The smallest absolute Gasteiger partial charge is 0.306 e. The number of aliphatic hydroxyl groups excluding tert-OH is 1. The molecule has 0 aromatic carbocycles. The van der Waals surface area contributed by atoms with E-state index < -0.39 is 6.10 Å². The Labute approximate surface area is 286 Å². The second kappa shape index (κ2) is 39.5. The number of ether oxygens (including phenoxy) is 2. The summed E-state index contributed by atoms with van der Waals surface area (Å²) in [6.07, 6.45) is 50.2. The molecular weight excluding hydrogens is 568 g/mol. The molecule has 46 heavy (non-hydrogen) atoms. The van der Waals surface area contributed by atoms with Crippen LogP contribution >= 0.6 is 0 Å². The van der Waals surface area contributed by atoms with Gasteiger partial charge in [0.05, 0.1) is 13.2 Å². The Morgan fingerprint density at radius 3 is 1.48 bits per heavy atom. The van der Waals surface area contributed by atoms with E-state index in [-0.39, 0.29) is 12.6 Å². The first kappa shape index (κ1) is 44.4. The van der Waals surface area contributed by atoms with Crippen molar-refractivity contribution >= 4 is 5.97 Å². The molecule has 0 aliphatic heterocycles. The van der Waals surface area contributed by atoms with E-state index >= 15 is 0 Å². The molecule has 0 bridgehead atoms. The van der Waals surface area contributed by atoms with Crippen LogP contribution in [-0.4, -0.2) is 37.0 Å². The molecule has 0 fully saturated rings. The van der Waals surface area contributed by atoms with Crippen LogP contribution in [0.2, 0.25) is 0 Å². The number of hydrogen-bond donors (Lipinski definition) is 1. The summed E-state index contributed by atoms with van der Waals surface area (Å²) in [5.74, 6) is -0.205. The molecule has 4 nitrogen and oxygen atoms in total. The van der Waals surface area contributed by atoms with Gasteiger partial charge in [-0.15, -0.1) is 0 Å². The molecule has 0 spiro atoms. The van der Waals surface area contributed by atoms with Gasteiger partial charge in [0.25, 0.3) is 0 Å². The molecule has 268 valence electrons. The second-order valence-corrected chi connectivity index (χ2v) is 13.0. The fourth-order valence-corrected chi connectivity index (χ4v) is 5.50. The van der Waals surface area contributed by atoms with Crippen molar-refractivity contribution in [2.45, 2.75) is 193 Å². The monoisotopic (exact) mass is 645 g/mol. The van der Waals surface area contributed by atoms with Gasteiger partial charge in [-0.3, -0.25) is 4.79 Å². The number of hydrogen-bond acceptors (Lipinski definition) is 4. The molecule has 0 aliphatic rings. The van der Waals surface area contributed by atoms with Gasteiger partial charge >= 0.3 is 5.97 Å². The Morgan fingerprint density at radius 2 is 0.978 bits per heavy atom. The van der Waals surface area contributed by atoms with Crippen molar-refractivity contribution < 1.29 is 19.4 Å². The van der Waals surface area contributed by atoms with Crippen LogP contribution in [0.5, 0.6) is 0 Å². The maximum atomic E-state index is 12.1. The third-order valence-corrected chi connectivity index (χ3v) is 8.42. The molecule has 0 rings (SSSR count). The lowest BCUT2D eigenvalue weighted by Gasteiger charge is -2.16. The summed E-state index contributed by atoms with van der Waals surface area (Å²) in [6.45, 7) is 5.22. The summed E-state index contributed by atoms with van der Waals surface area (Å²) in [4.78, 5) is 12.1. The minimum absolute atomic E-state index is 0.172. The summed E-state index contributed by atoms with van der Waals surface area (Å²) < 4.78 is 11.1. The van der Waals surface area contributed by atoms with Crippen LogP contribution in [0.25, 0.3) is 0 Å². The largest absolute Gasteiger partial charge is 0.457 e. The Balaban J connectivity index is 3.41. The van der Waals surface area contributed by atoms with Crippen LogP contribution in [0.1, 0.15) is 187 Å². The highest BCUT2D eigenvalue weighted by Gasteiger charge is 2.13. The van der Waals surface area contributed by atoms with Gasteiger partial charge in [0.15, 0.2) is 0 Å². The van der Waals surface area contributed by atoms with Crippen LogP contribution in [0.15, 0.2) is 48.6 Å². The molecule has 0 aromatic heterocycles. The quantitative estimate of drug-likeness (QED) is 0.0419. The average molecular weight is 645 g/mol. The van der Waals surface area contributed by atoms with Crippen molar-refractivity contribution in [1.82, 2.24) is 0 Å². The zero-order valence-corrected chi connectivity index (χ0v) is 30.6. The van der Waals surface area contributed by atoms with Gasteiger partial charge in [0.1, 0.15) is 6.10 Å². The number of esters is 1. The molecule has 0 saturated heterocycles. The van der Waals surface area contributed by atoms with Gasteiger partial charge in [-0.1, -0.05) is 178 Å². The van der Waals surface area contributed by atoms with Gasteiger partial charge in [0.2, 0.25) is 0 Å². The van der Waals surface area contributed by atoms with E-state index in [1.165, 1.54) is 122 Å². The van der Waals surface area contributed by atoms with Gasteiger partial charge in [0, 0.05) is 13.0 Å². The van der Waals surface area contributed by atoms with E-state index in [1.807, 2.05) is 0 Å². The lowest BCUT2D eigenvalue weighted by atomic mass is 10.1. The van der Waals surface area contributed by atoms with E-state index in [2.05, 4.69) is 62.5 Å². The summed E-state index contributed by atoms with van der Waals surface area (Å²) in [5.41, 5.74) is 0. The molecule has 4 heteroatoms. The van der Waals surface area contributed by atoms with Crippen LogP contribution in [0, 0.1) is 0 Å². The minimum Gasteiger partial charge on any atom is -0.457 e. The molecule has 0 heterocycles. The van der Waals surface area contributed by atoms with Crippen LogP contribution in [0.4, 0.5) is 0 Å². The van der Waals surface area contributed by atoms with E-state index in [0.29, 0.717) is 19.6 Å². The number of allylic oxidation sites excluding steroid dienone is 8. The third-order valence-electron chi connectivity index (χ3n) is 8.42. The molecule has 1 atom stereocenters. The highest BCUT2D eigenvalue weighted by Crippen LogP contribution is 2.14. The van der Waals surface area contributed by atoms with Gasteiger partial charge < -0.3 is 14.6 Å². The van der Waals surface area contributed by atoms with E-state index in [0.717, 1.165) is 44.9 Å². The standard InChI is InChI=1S/C42H76O4/c1-3-5-7-9-11-13-15-16-17-18-19-20-21-22-23-24-25-26-27-28-30-32-34-36-38-45-40-41(39-43)46-42(44)37-35-33-31-29-14-12-10-8-6-4-2/h5,7,11,13,16-17,19-20,41,43H,3-4,6,8-10,12,14-15,18,21-40H2,1-2H3/b7-5-,13-11-,17-16-,20-19-. The topological polar surface area (TPSA) is 55.8 Å². The fraction of sp³-hybridized carbons (Fsp3) is 0.786.